The van der Waals surface area contributed by atoms with Crippen LogP contribution in [0.15, 0.2) is 11.6 Å². The van der Waals surface area contributed by atoms with Gasteiger partial charge in [-0.05, 0) is 6.92 Å². The summed E-state index contributed by atoms with van der Waals surface area (Å²) >= 11 is 2.54. The van der Waals surface area contributed by atoms with Crippen molar-refractivity contribution in [2.45, 2.75) is 19.9 Å². The molecule has 100 valence electrons. The molecular weight excluding hydrogens is 286 g/mol. The fraction of sp³-hybridized carbons (Fsp3) is 0.273. The molecule has 2 aromatic heterocycles. The number of ketones is 1. The van der Waals surface area contributed by atoms with Gasteiger partial charge in [-0.1, -0.05) is 11.3 Å². The molecule has 0 fully saturated rings. The van der Waals surface area contributed by atoms with Crippen LogP contribution < -0.4 is 5.32 Å². The molecule has 0 aliphatic carbocycles. The minimum Gasteiger partial charge on any atom is -0.476 e. The molecule has 0 bridgehead atoms. The van der Waals surface area contributed by atoms with Gasteiger partial charge in [-0.2, -0.15) is 0 Å². The number of rotatable bonds is 5. The largest absolute Gasteiger partial charge is 0.476 e. The number of thiazole rings is 2. The van der Waals surface area contributed by atoms with Crippen LogP contribution in [0.1, 0.15) is 45.1 Å². The van der Waals surface area contributed by atoms with Gasteiger partial charge in [0.15, 0.2) is 16.6 Å². The van der Waals surface area contributed by atoms with Crippen LogP contribution in [0.3, 0.4) is 0 Å². The summed E-state index contributed by atoms with van der Waals surface area (Å²) in [4.78, 5) is 30.6. The van der Waals surface area contributed by atoms with Crippen LogP contribution in [-0.2, 0) is 0 Å². The van der Waals surface area contributed by atoms with Gasteiger partial charge in [-0.25, -0.2) is 14.8 Å². The molecule has 2 heterocycles. The quantitative estimate of drug-likeness (QED) is 0.824. The molecule has 0 aliphatic rings. The number of nitrogens with one attached hydrogen (secondary N) is 1. The molecule has 0 saturated heterocycles. The first-order valence-corrected chi connectivity index (χ1v) is 7.09. The highest BCUT2D eigenvalue weighted by Gasteiger charge is 2.21. The van der Waals surface area contributed by atoms with Crippen LogP contribution in [0.2, 0.25) is 0 Å². The normalized spacial score (nSPS) is 12.1. The fourth-order valence-electron chi connectivity index (χ4n) is 1.46. The molecule has 1 atom stereocenters. The third kappa shape index (κ3) is 2.96. The molecular formula is C11H11N3O3S2. The van der Waals surface area contributed by atoms with E-state index in [1.54, 1.807) is 6.20 Å². The van der Waals surface area contributed by atoms with Crippen molar-refractivity contribution in [3.8, 4) is 0 Å². The number of anilines is 1. The molecule has 0 aromatic carbocycles. The van der Waals surface area contributed by atoms with Gasteiger partial charge < -0.3 is 10.4 Å². The van der Waals surface area contributed by atoms with Crippen molar-refractivity contribution < 1.29 is 14.7 Å². The van der Waals surface area contributed by atoms with Crippen molar-refractivity contribution in [1.82, 2.24) is 9.97 Å². The number of Topliss-reactive ketones (excluding diaryl/α,β-unsaturated/α-hetero) is 1. The highest BCUT2D eigenvalue weighted by molar-refractivity contribution is 7.17. The second-order valence-electron chi connectivity index (χ2n) is 3.79. The average Bonchev–Trinajstić information content (AvgIpc) is 2.97. The Hall–Kier alpha value is -1.80. The maximum absolute atomic E-state index is 11.4. The third-order valence-electron chi connectivity index (χ3n) is 2.31. The monoisotopic (exact) mass is 297 g/mol. The zero-order valence-electron chi connectivity index (χ0n) is 10.2. The summed E-state index contributed by atoms with van der Waals surface area (Å²) < 4.78 is 0. The van der Waals surface area contributed by atoms with E-state index < -0.39 is 5.97 Å². The van der Waals surface area contributed by atoms with Crippen LogP contribution in [0.4, 0.5) is 5.13 Å². The highest BCUT2D eigenvalue weighted by atomic mass is 32.1. The van der Waals surface area contributed by atoms with E-state index >= 15 is 0 Å². The Morgan fingerprint density at radius 2 is 2.21 bits per heavy atom. The lowest BCUT2D eigenvalue weighted by Gasteiger charge is -2.08. The Morgan fingerprint density at radius 3 is 2.68 bits per heavy atom. The molecule has 0 saturated carbocycles. The van der Waals surface area contributed by atoms with E-state index in [9.17, 15) is 9.59 Å². The van der Waals surface area contributed by atoms with E-state index in [-0.39, 0.29) is 22.4 Å². The molecule has 0 aliphatic heterocycles. The van der Waals surface area contributed by atoms with E-state index in [0.717, 1.165) is 16.3 Å². The maximum atomic E-state index is 11.4. The van der Waals surface area contributed by atoms with E-state index in [1.807, 2.05) is 12.3 Å². The van der Waals surface area contributed by atoms with Gasteiger partial charge >= 0.3 is 5.97 Å². The fourth-order valence-corrected chi connectivity index (χ4v) is 3.05. The second-order valence-corrected chi connectivity index (χ2v) is 5.72. The lowest BCUT2D eigenvalue weighted by molar-refractivity contribution is 0.0687. The van der Waals surface area contributed by atoms with Gasteiger partial charge in [0.1, 0.15) is 9.88 Å². The van der Waals surface area contributed by atoms with Crippen LogP contribution in [0.5, 0.6) is 0 Å². The number of nitrogens with zero attached hydrogens (tertiary/aromatic N) is 2. The zero-order chi connectivity index (χ0) is 14.0. The minimum atomic E-state index is -1.20. The van der Waals surface area contributed by atoms with Gasteiger partial charge in [-0.3, -0.25) is 4.79 Å². The predicted octanol–water partition coefficient (Wildman–Crippen LogP) is 2.67. The Labute approximate surface area is 117 Å². The first-order chi connectivity index (χ1) is 8.99. The van der Waals surface area contributed by atoms with Crippen molar-refractivity contribution in [3.05, 3.63) is 27.2 Å². The first-order valence-electron chi connectivity index (χ1n) is 5.40. The van der Waals surface area contributed by atoms with Crippen LogP contribution in [0.25, 0.3) is 0 Å². The number of hydrogen-bond acceptors (Lipinski definition) is 7. The summed E-state index contributed by atoms with van der Waals surface area (Å²) in [6.07, 6.45) is 1.70. The van der Waals surface area contributed by atoms with E-state index in [0.29, 0.717) is 5.13 Å². The number of carboxylic acids is 1. The van der Waals surface area contributed by atoms with Crippen molar-refractivity contribution in [1.29, 1.82) is 0 Å². The molecule has 1 unspecified atom stereocenters. The number of aromatic nitrogens is 2. The second kappa shape index (κ2) is 5.45. The summed E-state index contributed by atoms with van der Waals surface area (Å²) in [5.74, 6) is -1.50. The lowest BCUT2D eigenvalue weighted by atomic mass is 10.3. The molecule has 2 aromatic rings. The van der Waals surface area contributed by atoms with Gasteiger partial charge in [0.25, 0.3) is 0 Å². The molecule has 2 rings (SSSR count). The van der Waals surface area contributed by atoms with Gasteiger partial charge in [0.2, 0.25) is 0 Å². The van der Waals surface area contributed by atoms with Crippen molar-refractivity contribution in [2.75, 3.05) is 5.32 Å². The smallest absolute Gasteiger partial charge is 0.356 e. The van der Waals surface area contributed by atoms with Crippen LogP contribution in [0, 0.1) is 0 Å². The van der Waals surface area contributed by atoms with Crippen LogP contribution >= 0.6 is 22.7 Å². The van der Waals surface area contributed by atoms with Crippen molar-refractivity contribution in [3.63, 3.8) is 0 Å². The molecule has 0 spiro atoms. The van der Waals surface area contributed by atoms with E-state index in [4.69, 9.17) is 5.11 Å². The minimum absolute atomic E-state index is 0.0902. The highest BCUT2D eigenvalue weighted by Crippen LogP contribution is 2.27. The van der Waals surface area contributed by atoms with E-state index in [2.05, 4.69) is 15.3 Å². The van der Waals surface area contributed by atoms with E-state index in [1.165, 1.54) is 18.3 Å². The molecule has 8 heteroatoms. The standard InChI is InChI=1S/C11H11N3O3S2/c1-5(9-12-3-4-18-9)13-11-14-7(10(16)17)8(19-11)6(2)15/h3-5H,1-2H3,(H,13,14)(H,16,17). The Morgan fingerprint density at radius 1 is 1.47 bits per heavy atom. The summed E-state index contributed by atoms with van der Waals surface area (Å²) in [5, 5.41) is 15.2. The number of hydrogen-bond donors (Lipinski definition) is 2. The number of aromatic carboxylic acids is 1. The summed E-state index contributed by atoms with van der Waals surface area (Å²) in [7, 11) is 0. The van der Waals surface area contributed by atoms with Gasteiger partial charge in [-0.15, -0.1) is 11.3 Å². The maximum Gasteiger partial charge on any atom is 0.356 e. The topological polar surface area (TPSA) is 92.2 Å². The third-order valence-corrected chi connectivity index (χ3v) is 4.36. The molecule has 0 radical (unpaired) electrons. The first kappa shape index (κ1) is 13.6. The number of carboxylic acid groups (broad SMARTS) is 1. The lowest BCUT2D eigenvalue weighted by Crippen LogP contribution is -2.07. The summed E-state index contributed by atoms with van der Waals surface area (Å²) in [5.41, 5.74) is -0.202. The SMILES string of the molecule is CC(=O)c1sc(NC(C)c2nccs2)nc1C(=O)O. The predicted molar refractivity (Wildman–Crippen MR) is 73.2 cm³/mol. The van der Waals surface area contributed by atoms with Gasteiger partial charge in [0.05, 0.1) is 6.04 Å². The summed E-state index contributed by atoms with van der Waals surface area (Å²) in [6.45, 7) is 3.22. The van der Waals surface area contributed by atoms with Crippen LogP contribution in [-0.4, -0.2) is 26.8 Å². The Kier molecular flexibility index (Phi) is 3.91. The zero-order valence-corrected chi connectivity index (χ0v) is 11.8. The Bertz CT molecular complexity index is 575. The molecule has 0 amide bonds. The molecule has 6 nitrogen and oxygen atoms in total. The average molecular weight is 297 g/mol. The number of carbonyl (C=O) groups is 2. The molecule has 19 heavy (non-hydrogen) atoms. The Balaban J connectivity index is 2.24. The van der Waals surface area contributed by atoms with Crippen molar-refractivity contribution in [2.24, 2.45) is 0 Å². The summed E-state index contributed by atoms with van der Waals surface area (Å²) in [6, 6.07) is -0.0902. The number of carbonyl (C=O) groups excluding carboxylic acids is 1. The molecule has 2 N–H and O–H groups in total. The van der Waals surface area contributed by atoms with Crippen molar-refractivity contribution >= 4 is 39.6 Å². The van der Waals surface area contributed by atoms with Gasteiger partial charge in [0, 0.05) is 18.5 Å².